The Bertz CT molecular complexity index is 401. The lowest BCUT2D eigenvalue weighted by atomic mass is 9.97. The first-order valence-electron chi connectivity index (χ1n) is 6.39. The van der Waals surface area contributed by atoms with Crippen LogP contribution in [0.3, 0.4) is 0 Å². The molecule has 0 saturated carbocycles. The van der Waals surface area contributed by atoms with Crippen LogP contribution in [-0.4, -0.2) is 26.1 Å². The van der Waals surface area contributed by atoms with E-state index in [4.69, 9.17) is 4.74 Å². The highest BCUT2D eigenvalue weighted by Gasteiger charge is 2.20. The number of hydrogen-bond acceptors (Lipinski definition) is 3. The molecule has 4 nitrogen and oxygen atoms in total. The maximum atomic E-state index is 12.1. The summed E-state index contributed by atoms with van der Waals surface area (Å²) >= 11 is 0. The molecule has 1 aliphatic rings. The van der Waals surface area contributed by atoms with Gasteiger partial charge in [0.1, 0.15) is 0 Å². The summed E-state index contributed by atoms with van der Waals surface area (Å²) in [5, 5.41) is 6.25. The van der Waals surface area contributed by atoms with Gasteiger partial charge in [-0.05, 0) is 43.6 Å². The standard InChI is InChI=1S/C14H20N2O2/c1-18-10-11-3-2-4-13(9-11)16-14(17)12-5-7-15-8-6-12/h2-4,9,12,15H,5-8,10H2,1H3,(H,16,17). The Morgan fingerprint density at radius 2 is 2.22 bits per heavy atom. The van der Waals surface area contributed by atoms with E-state index >= 15 is 0 Å². The Labute approximate surface area is 108 Å². The number of rotatable bonds is 4. The Hall–Kier alpha value is -1.39. The molecule has 4 heteroatoms. The van der Waals surface area contributed by atoms with Crippen molar-refractivity contribution in [1.82, 2.24) is 5.32 Å². The molecule has 1 amide bonds. The van der Waals surface area contributed by atoms with Gasteiger partial charge in [-0.25, -0.2) is 0 Å². The molecule has 0 atom stereocenters. The third-order valence-corrected chi connectivity index (χ3v) is 3.22. The smallest absolute Gasteiger partial charge is 0.227 e. The van der Waals surface area contributed by atoms with E-state index in [9.17, 15) is 4.79 Å². The average Bonchev–Trinajstić information content (AvgIpc) is 2.40. The van der Waals surface area contributed by atoms with Crippen molar-refractivity contribution in [3.8, 4) is 0 Å². The van der Waals surface area contributed by atoms with E-state index in [1.54, 1.807) is 7.11 Å². The van der Waals surface area contributed by atoms with Crippen molar-refractivity contribution in [3.63, 3.8) is 0 Å². The Balaban J connectivity index is 1.95. The molecule has 1 saturated heterocycles. The first kappa shape index (κ1) is 13.1. The number of methoxy groups -OCH3 is 1. The maximum absolute atomic E-state index is 12.1. The second-order valence-corrected chi connectivity index (χ2v) is 4.65. The Kier molecular flexibility index (Phi) is 4.73. The summed E-state index contributed by atoms with van der Waals surface area (Å²) in [4.78, 5) is 12.1. The molecule has 0 spiro atoms. The van der Waals surface area contributed by atoms with E-state index < -0.39 is 0 Å². The van der Waals surface area contributed by atoms with Gasteiger partial charge < -0.3 is 15.4 Å². The van der Waals surface area contributed by atoms with Gasteiger partial charge >= 0.3 is 0 Å². The molecule has 18 heavy (non-hydrogen) atoms. The minimum Gasteiger partial charge on any atom is -0.380 e. The Morgan fingerprint density at radius 1 is 1.44 bits per heavy atom. The van der Waals surface area contributed by atoms with Gasteiger partial charge in [-0.3, -0.25) is 4.79 Å². The molecular formula is C14H20N2O2. The van der Waals surface area contributed by atoms with E-state index in [0.717, 1.165) is 37.2 Å². The highest BCUT2D eigenvalue weighted by atomic mass is 16.5. The van der Waals surface area contributed by atoms with Crippen molar-refractivity contribution in [2.24, 2.45) is 5.92 Å². The number of carbonyl (C=O) groups is 1. The van der Waals surface area contributed by atoms with E-state index in [-0.39, 0.29) is 11.8 Å². The van der Waals surface area contributed by atoms with Crippen molar-refractivity contribution >= 4 is 11.6 Å². The van der Waals surface area contributed by atoms with Gasteiger partial charge in [0, 0.05) is 18.7 Å². The molecule has 1 aliphatic heterocycles. The van der Waals surface area contributed by atoms with Crippen LogP contribution in [0.25, 0.3) is 0 Å². The summed E-state index contributed by atoms with van der Waals surface area (Å²) in [5.74, 6) is 0.267. The topological polar surface area (TPSA) is 50.4 Å². The van der Waals surface area contributed by atoms with Crippen LogP contribution in [0.4, 0.5) is 5.69 Å². The molecule has 1 fully saturated rings. The van der Waals surface area contributed by atoms with Gasteiger partial charge in [-0.1, -0.05) is 12.1 Å². The number of nitrogens with one attached hydrogen (secondary N) is 2. The minimum absolute atomic E-state index is 0.131. The molecule has 0 aromatic heterocycles. The van der Waals surface area contributed by atoms with E-state index in [2.05, 4.69) is 10.6 Å². The molecule has 0 bridgehead atoms. The van der Waals surface area contributed by atoms with Gasteiger partial charge in [-0.2, -0.15) is 0 Å². The number of benzene rings is 1. The maximum Gasteiger partial charge on any atom is 0.227 e. The molecular weight excluding hydrogens is 228 g/mol. The molecule has 1 aromatic carbocycles. The number of amides is 1. The fourth-order valence-corrected chi connectivity index (χ4v) is 2.23. The quantitative estimate of drug-likeness (QED) is 0.854. The molecule has 1 heterocycles. The normalized spacial score (nSPS) is 16.5. The lowest BCUT2D eigenvalue weighted by Crippen LogP contribution is -2.34. The van der Waals surface area contributed by atoms with Crippen LogP contribution in [0, 0.1) is 5.92 Å². The highest BCUT2D eigenvalue weighted by Crippen LogP contribution is 2.16. The molecule has 0 aliphatic carbocycles. The zero-order valence-electron chi connectivity index (χ0n) is 10.7. The summed E-state index contributed by atoms with van der Waals surface area (Å²) in [5.41, 5.74) is 1.92. The van der Waals surface area contributed by atoms with E-state index in [0.29, 0.717) is 6.61 Å². The second kappa shape index (κ2) is 6.52. The third kappa shape index (κ3) is 3.55. The first-order chi connectivity index (χ1) is 8.79. The molecule has 1 aromatic rings. The van der Waals surface area contributed by atoms with Gasteiger partial charge in [-0.15, -0.1) is 0 Å². The summed E-state index contributed by atoms with van der Waals surface area (Å²) in [7, 11) is 1.67. The van der Waals surface area contributed by atoms with Gasteiger partial charge in [0.05, 0.1) is 6.61 Å². The van der Waals surface area contributed by atoms with Gasteiger partial charge in [0.2, 0.25) is 5.91 Å². The number of piperidine rings is 1. The number of ether oxygens (including phenoxy) is 1. The molecule has 98 valence electrons. The van der Waals surface area contributed by atoms with Crippen molar-refractivity contribution in [2.45, 2.75) is 19.4 Å². The first-order valence-corrected chi connectivity index (χ1v) is 6.39. The van der Waals surface area contributed by atoms with E-state index in [1.807, 2.05) is 24.3 Å². The predicted molar refractivity (Wildman–Crippen MR) is 71.4 cm³/mol. The predicted octanol–water partition coefficient (Wildman–Crippen LogP) is 1.77. The Morgan fingerprint density at radius 3 is 2.94 bits per heavy atom. The molecule has 0 radical (unpaired) electrons. The zero-order valence-corrected chi connectivity index (χ0v) is 10.7. The van der Waals surface area contributed by atoms with Crippen LogP contribution < -0.4 is 10.6 Å². The van der Waals surface area contributed by atoms with Crippen LogP contribution in [0.2, 0.25) is 0 Å². The fraction of sp³-hybridized carbons (Fsp3) is 0.500. The van der Waals surface area contributed by atoms with Crippen molar-refractivity contribution in [1.29, 1.82) is 0 Å². The second-order valence-electron chi connectivity index (χ2n) is 4.65. The highest BCUT2D eigenvalue weighted by molar-refractivity contribution is 5.92. The minimum atomic E-state index is 0.131. The fourth-order valence-electron chi connectivity index (χ4n) is 2.23. The summed E-state index contributed by atoms with van der Waals surface area (Å²) in [6, 6.07) is 7.80. The monoisotopic (exact) mass is 248 g/mol. The molecule has 2 N–H and O–H groups in total. The zero-order chi connectivity index (χ0) is 12.8. The summed E-state index contributed by atoms with van der Waals surface area (Å²) < 4.78 is 5.08. The SMILES string of the molecule is COCc1cccc(NC(=O)C2CCNCC2)c1. The van der Waals surface area contributed by atoms with Crippen LogP contribution in [0.5, 0.6) is 0 Å². The van der Waals surface area contributed by atoms with Crippen LogP contribution >= 0.6 is 0 Å². The van der Waals surface area contributed by atoms with Crippen LogP contribution in [-0.2, 0) is 16.1 Å². The largest absolute Gasteiger partial charge is 0.380 e. The lowest BCUT2D eigenvalue weighted by Gasteiger charge is -2.21. The summed E-state index contributed by atoms with van der Waals surface area (Å²) in [6.45, 7) is 2.43. The van der Waals surface area contributed by atoms with Crippen molar-refractivity contribution < 1.29 is 9.53 Å². The lowest BCUT2D eigenvalue weighted by molar-refractivity contribution is -0.120. The number of carbonyl (C=O) groups excluding carboxylic acids is 1. The van der Waals surface area contributed by atoms with Gasteiger partial charge in [0.15, 0.2) is 0 Å². The third-order valence-electron chi connectivity index (χ3n) is 3.22. The average molecular weight is 248 g/mol. The molecule has 0 unspecified atom stereocenters. The van der Waals surface area contributed by atoms with Crippen LogP contribution in [0.1, 0.15) is 18.4 Å². The number of anilines is 1. The van der Waals surface area contributed by atoms with Gasteiger partial charge in [0.25, 0.3) is 0 Å². The number of hydrogen-bond donors (Lipinski definition) is 2. The van der Waals surface area contributed by atoms with E-state index in [1.165, 1.54) is 0 Å². The van der Waals surface area contributed by atoms with Crippen molar-refractivity contribution in [3.05, 3.63) is 29.8 Å². The molecule has 2 rings (SSSR count). The van der Waals surface area contributed by atoms with Crippen LogP contribution in [0.15, 0.2) is 24.3 Å². The van der Waals surface area contributed by atoms with Crippen molar-refractivity contribution in [2.75, 3.05) is 25.5 Å². The summed E-state index contributed by atoms with van der Waals surface area (Å²) in [6.07, 6.45) is 1.84.